The number of benzene rings is 8. The zero-order valence-electron chi connectivity index (χ0n) is 53.8. The first kappa shape index (κ1) is 67.7. The van der Waals surface area contributed by atoms with Crippen LogP contribution >= 0.6 is 70.4 Å². The van der Waals surface area contributed by atoms with E-state index in [4.69, 9.17) is 9.31 Å². The lowest BCUT2D eigenvalue weighted by molar-refractivity contribution is 0.00578. The molecule has 0 amide bonds. The Bertz CT molecular complexity index is 4030. The Kier molecular flexibility index (Phi) is 24.3. The molecule has 0 N–H and O–H groups in total. The van der Waals surface area contributed by atoms with Crippen molar-refractivity contribution in [2.75, 3.05) is 0 Å². The van der Waals surface area contributed by atoms with Crippen molar-refractivity contribution in [3.8, 4) is 11.1 Å². The van der Waals surface area contributed by atoms with E-state index in [1.54, 1.807) is 0 Å². The zero-order valence-corrected chi connectivity index (χ0v) is 60.7. The van der Waals surface area contributed by atoms with Gasteiger partial charge in [-0.05, 0) is 177 Å². The number of halogens is 4. The van der Waals surface area contributed by atoms with Gasteiger partial charge in [0, 0.05) is 96.5 Å². The van der Waals surface area contributed by atoms with Crippen LogP contribution in [0, 0.1) is 21.3 Å². The molecule has 3 aromatic heterocycles. The third kappa shape index (κ3) is 16.1. The quantitative estimate of drug-likeness (QED) is 0.0563. The SMILES string of the molecule is Brc1cccc(I)c1.CCCCC(CC)Cn1c2ccccc2c2ccc(-c3cccc(Br)c3)cc21.CCCCC(CC)Cn1c2ccccc2c2ccc(B3OC(C)(C)C(C)(C)O3)cc21.CCCCC(CC)Cn1c2ccccc2c2ccc(Br)cc21. The number of para-hydroxylation sites is 3. The van der Waals surface area contributed by atoms with E-state index in [-0.39, 0.29) is 18.3 Å². The Morgan fingerprint density at radius 2 is 0.761 bits per heavy atom. The lowest BCUT2D eigenvalue weighted by atomic mass is 9.79. The summed E-state index contributed by atoms with van der Waals surface area (Å²) in [6.45, 7) is 25.6. The molecule has 0 aliphatic carbocycles. The van der Waals surface area contributed by atoms with Crippen LogP contribution in [0.5, 0.6) is 0 Å². The van der Waals surface area contributed by atoms with Gasteiger partial charge in [-0.1, -0.05) is 250 Å². The topological polar surface area (TPSA) is 33.2 Å². The molecule has 1 fully saturated rings. The van der Waals surface area contributed by atoms with E-state index < -0.39 is 0 Å². The van der Waals surface area contributed by atoms with Crippen LogP contribution in [0.15, 0.2) is 189 Å². The van der Waals surface area contributed by atoms with E-state index >= 15 is 0 Å². The third-order valence-corrected chi connectivity index (χ3v) is 20.9. The predicted octanol–water partition coefficient (Wildman–Crippen LogP) is 24.6. The highest BCUT2D eigenvalue weighted by molar-refractivity contribution is 14.1. The Labute approximate surface area is 565 Å². The third-order valence-electron chi connectivity index (χ3n) is 18.7. The molecule has 4 heterocycles. The lowest BCUT2D eigenvalue weighted by Crippen LogP contribution is -2.41. The van der Waals surface area contributed by atoms with Crippen LogP contribution in [0.3, 0.4) is 0 Å². The van der Waals surface area contributed by atoms with Gasteiger partial charge in [0.1, 0.15) is 0 Å². The van der Waals surface area contributed by atoms with Crippen molar-refractivity contribution >= 4 is 148 Å². The van der Waals surface area contributed by atoms with Crippen LogP contribution < -0.4 is 5.46 Å². The molecule has 88 heavy (non-hydrogen) atoms. The summed E-state index contributed by atoms with van der Waals surface area (Å²) < 4.78 is 25.0. The van der Waals surface area contributed by atoms with E-state index in [9.17, 15) is 0 Å². The molecule has 1 saturated heterocycles. The first-order chi connectivity index (χ1) is 42.5. The molecule has 10 heteroatoms. The summed E-state index contributed by atoms with van der Waals surface area (Å²) >= 11 is 12.9. The van der Waals surface area contributed by atoms with Crippen molar-refractivity contribution in [3.05, 3.63) is 193 Å². The summed E-state index contributed by atoms with van der Waals surface area (Å²) in [6, 6.07) is 63.5. The van der Waals surface area contributed by atoms with Crippen LogP contribution in [-0.2, 0) is 28.9 Å². The molecule has 8 aromatic carbocycles. The average molecular weight is 1480 g/mol. The average Bonchev–Trinajstić information content (AvgIpc) is 2.20. The van der Waals surface area contributed by atoms with E-state index in [0.29, 0.717) is 5.92 Å². The second kappa shape index (κ2) is 31.6. The van der Waals surface area contributed by atoms with Gasteiger partial charge < -0.3 is 23.0 Å². The maximum atomic E-state index is 6.34. The molecule has 1 aliphatic heterocycles. The fourth-order valence-corrected chi connectivity index (χ4v) is 14.8. The first-order valence-electron chi connectivity index (χ1n) is 32.7. The molecule has 12 rings (SSSR count). The summed E-state index contributed by atoms with van der Waals surface area (Å²) in [7, 11) is -0.326. The molecule has 0 spiro atoms. The Balaban J connectivity index is 0.000000149. The Hall–Kier alpha value is -4.69. The maximum absolute atomic E-state index is 6.34. The fraction of sp³-hybridized carbons (Fsp3) is 0.385. The van der Waals surface area contributed by atoms with Crippen molar-refractivity contribution in [2.24, 2.45) is 17.8 Å². The highest BCUT2D eigenvalue weighted by Crippen LogP contribution is 2.39. The summed E-state index contributed by atoms with van der Waals surface area (Å²) in [5.74, 6) is 2.19. The molecular formula is C78H92BBr3IN3O2. The van der Waals surface area contributed by atoms with Crippen molar-refractivity contribution in [1.82, 2.24) is 13.7 Å². The van der Waals surface area contributed by atoms with Gasteiger partial charge >= 0.3 is 7.12 Å². The number of rotatable bonds is 20. The molecule has 11 aromatic rings. The van der Waals surface area contributed by atoms with Crippen LogP contribution in [0.25, 0.3) is 76.5 Å². The van der Waals surface area contributed by atoms with E-state index in [1.807, 2.05) is 12.1 Å². The Morgan fingerprint density at radius 1 is 0.386 bits per heavy atom. The molecule has 462 valence electrons. The van der Waals surface area contributed by atoms with Gasteiger partial charge in [-0.3, -0.25) is 0 Å². The van der Waals surface area contributed by atoms with Crippen molar-refractivity contribution in [2.45, 2.75) is 177 Å². The molecule has 0 radical (unpaired) electrons. The monoisotopic (exact) mass is 1480 g/mol. The van der Waals surface area contributed by atoms with Gasteiger partial charge in [0.05, 0.1) is 16.7 Å². The van der Waals surface area contributed by atoms with Gasteiger partial charge in [0.2, 0.25) is 0 Å². The normalized spacial score (nSPS) is 14.6. The minimum atomic E-state index is -0.327. The molecule has 5 nitrogen and oxygen atoms in total. The highest BCUT2D eigenvalue weighted by atomic mass is 127. The lowest BCUT2D eigenvalue weighted by Gasteiger charge is -2.32. The van der Waals surface area contributed by atoms with Crippen molar-refractivity contribution in [1.29, 1.82) is 0 Å². The van der Waals surface area contributed by atoms with Gasteiger partial charge in [0.15, 0.2) is 0 Å². The molecule has 0 saturated carbocycles. The summed E-state index contributed by atoms with van der Waals surface area (Å²) in [5, 5.41) is 8.11. The molecule has 3 unspecified atom stereocenters. The summed E-state index contributed by atoms with van der Waals surface area (Å²) in [4.78, 5) is 0. The van der Waals surface area contributed by atoms with Crippen molar-refractivity contribution in [3.63, 3.8) is 0 Å². The molecule has 3 atom stereocenters. The minimum absolute atomic E-state index is 0.326. The number of hydrogen-bond donors (Lipinski definition) is 0. The number of unbranched alkanes of at least 4 members (excludes halogenated alkanes) is 3. The zero-order chi connectivity index (χ0) is 62.5. The highest BCUT2D eigenvalue weighted by Gasteiger charge is 2.51. The molecular weight excluding hydrogens is 1390 g/mol. The van der Waals surface area contributed by atoms with Crippen molar-refractivity contribution < 1.29 is 9.31 Å². The van der Waals surface area contributed by atoms with Crippen LogP contribution in [0.4, 0.5) is 0 Å². The maximum Gasteiger partial charge on any atom is 0.494 e. The largest absolute Gasteiger partial charge is 0.494 e. The van der Waals surface area contributed by atoms with Crippen LogP contribution in [0.2, 0.25) is 0 Å². The summed E-state index contributed by atoms with van der Waals surface area (Å²) in [5.41, 5.74) is 11.0. The smallest absolute Gasteiger partial charge is 0.399 e. The van der Waals surface area contributed by atoms with E-state index in [1.165, 1.54) is 157 Å². The first-order valence-corrected chi connectivity index (χ1v) is 36.2. The van der Waals surface area contributed by atoms with E-state index in [0.717, 1.165) is 50.4 Å². The second-order valence-corrected chi connectivity index (χ2v) is 29.3. The van der Waals surface area contributed by atoms with Gasteiger partial charge in [-0.25, -0.2) is 0 Å². The van der Waals surface area contributed by atoms with Gasteiger partial charge in [0.25, 0.3) is 0 Å². The minimum Gasteiger partial charge on any atom is -0.399 e. The standard InChI is InChI=1S/C26H36BNO2.C26H28BrN.C20H24BrN.C6H4BrI/c1-7-9-12-19(8-2)18-28-23-14-11-10-13-21(23)22-16-15-20(17-24(22)28)27-29-25(3,4)26(5,6)30-27;1-3-5-9-19(4-2)18-28-25-13-7-6-12-23(25)24-15-14-21(17-26(24)28)20-10-8-11-22(27)16-20;1-3-5-8-15(4-2)14-22-19-10-7-6-9-17(19)18-12-11-16(21)13-20(18)22;7-5-2-1-3-6(8)4-5/h10-11,13-17,19H,7-9,12,18H2,1-6H3;6-8,10-17,19H,3-5,9,18H2,1-2H3;6-7,9-13,15H,3-5,8,14H2,1-2H3;1-4H. The van der Waals surface area contributed by atoms with E-state index in [2.05, 4.69) is 317 Å². The Morgan fingerprint density at radius 3 is 1.18 bits per heavy atom. The van der Waals surface area contributed by atoms with Crippen LogP contribution in [-0.4, -0.2) is 32.0 Å². The second-order valence-electron chi connectivity index (χ2n) is 25.3. The predicted molar refractivity (Wildman–Crippen MR) is 402 cm³/mol. The number of hydrogen-bond acceptors (Lipinski definition) is 2. The van der Waals surface area contributed by atoms with Crippen LogP contribution in [0.1, 0.15) is 146 Å². The number of nitrogens with zero attached hydrogens (tertiary/aromatic N) is 3. The van der Waals surface area contributed by atoms with Gasteiger partial charge in [-0.2, -0.15) is 0 Å². The number of aromatic nitrogens is 3. The molecule has 0 bridgehead atoms. The van der Waals surface area contributed by atoms with Gasteiger partial charge in [-0.15, -0.1) is 0 Å². The fourth-order valence-electron chi connectivity index (χ4n) is 12.7. The number of fused-ring (bicyclic) bond motifs is 9. The molecule has 1 aliphatic rings. The summed E-state index contributed by atoms with van der Waals surface area (Å²) in [6.07, 6.45) is 15.4.